The molecular weight excluding hydrogens is 232 g/mol. The van der Waals surface area contributed by atoms with Gasteiger partial charge in [-0.3, -0.25) is 0 Å². The summed E-state index contributed by atoms with van der Waals surface area (Å²) in [6.07, 6.45) is 1.98. The van der Waals surface area contributed by atoms with E-state index in [0.717, 1.165) is 0 Å². The Balaban J connectivity index is 2.59. The molecule has 2 rings (SSSR count). The van der Waals surface area contributed by atoms with Crippen LogP contribution in [0.2, 0.25) is 6.55 Å². The molecule has 0 aromatic heterocycles. The zero-order valence-electron chi connectivity index (χ0n) is 10.9. The monoisotopic (exact) mass is 250 g/mol. The minimum Gasteiger partial charge on any atom is -0.133 e. The molecule has 90 valence electrons. The average molecular weight is 250 g/mol. The Hall–Kier alpha value is -1.82. The zero-order valence-corrected chi connectivity index (χ0v) is 11.9. The zero-order chi connectivity index (χ0) is 12.8. The lowest BCUT2D eigenvalue weighted by Gasteiger charge is -2.24. The van der Waals surface area contributed by atoms with Gasteiger partial charge in [0.05, 0.1) is 0 Å². The van der Waals surface area contributed by atoms with Gasteiger partial charge >= 0.3 is 0 Å². The van der Waals surface area contributed by atoms with Crippen LogP contribution in [-0.4, -0.2) is 8.07 Å². The van der Waals surface area contributed by atoms with Gasteiger partial charge in [-0.2, -0.15) is 0 Å². The van der Waals surface area contributed by atoms with Crippen LogP contribution in [0.5, 0.6) is 0 Å². The third kappa shape index (κ3) is 2.53. The highest BCUT2D eigenvalue weighted by Gasteiger charge is 2.28. The fourth-order valence-corrected chi connectivity index (χ4v) is 5.09. The number of rotatable bonds is 3. The van der Waals surface area contributed by atoms with Crippen molar-refractivity contribution in [2.24, 2.45) is 0 Å². The predicted octanol–water partition coefficient (Wildman–Crippen LogP) is 3.15. The normalized spacial score (nSPS) is 10.6. The Morgan fingerprint density at radius 1 is 0.833 bits per heavy atom. The summed E-state index contributed by atoms with van der Waals surface area (Å²) in [6.45, 7) is 4.38. The lowest BCUT2D eigenvalue weighted by molar-refractivity contribution is 1.69. The Labute approximate surface area is 110 Å². The molecule has 2 aromatic carbocycles. The largest absolute Gasteiger partial charge is 0.145 e. The van der Waals surface area contributed by atoms with E-state index in [1.165, 1.54) is 10.4 Å². The van der Waals surface area contributed by atoms with Crippen LogP contribution in [0.25, 0.3) is 0 Å². The summed E-state index contributed by atoms with van der Waals surface area (Å²) >= 11 is 0. The summed E-state index contributed by atoms with van der Waals surface area (Å²) in [5, 5.41) is 2.84. The van der Waals surface area contributed by atoms with Crippen molar-refractivity contribution in [3.8, 4) is 0 Å². The van der Waals surface area contributed by atoms with E-state index >= 15 is 0 Å². The van der Waals surface area contributed by atoms with E-state index in [9.17, 15) is 0 Å². The quantitative estimate of drug-likeness (QED) is 0.580. The summed E-state index contributed by atoms with van der Waals surface area (Å²) in [6, 6.07) is 21.5. The fraction of sp³-hybridized carbons (Fsp3) is 0.118. The van der Waals surface area contributed by atoms with Crippen molar-refractivity contribution in [1.82, 2.24) is 0 Å². The van der Waals surface area contributed by atoms with Crippen LogP contribution in [0.1, 0.15) is 6.92 Å². The van der Waals surface area contributed by atoms with Crippen LogP contribution in [0, 0.1) is 0 Å². The third-order valence-corrected chi connectivity index (χ3v) is 7.10. The topological polar surface area (TPSA) is 0 Å². The first kappa shape index (κ1) is 12.6. The maximum absolute atomic E-state index is 3.30. The second-order valence-corrected chi connectivity index (χ2v) is 8.38. The van der Waals surface area contributed by atoms with Crippen molar-refractivity contribution in [3.05, 3.63) is 78.2 Å². The minimum absolute atomic E-state index is 1.42. The van der Waals surface area contributed by atoms with Crippen LogP contribution >= 0.6 is 0 Å². The van der Waals surface area contributed by atoms with E-state index in [1.807, 2.05) is 13.0 Å². The second-order valence-electron chi connectivity index (χ2n) is 4.53. The van der Waals surface area contributed by atoms with E-state index in [0.29, 0.717) is 0 Å². The molecule has 0 nitrogen and oxygen atoms in total. The highest BCUT2D eigenvalue weighted by molar-refractivity contribution is 7.05. The maximum atomic E-state index is 3.30. The molecule has 0 atom stereocenters. The molecule has 1 heteroatoms. The molecule has 0 amide bonds. The molecule has 0 N–H and O–H groups in total. The maximum Gasteiger partial charge on any atom is 0.145 e. The van der Waals surface area contributed by atoms with E-state index in [-0.39, 0.29) is 0 Å². The van der Waals surface area contributed by atoms with Gasteiger partial charge in [-0.05, 0) is 29.1 Å². The molecule has 0 aliphatic carbocycles. The van der Waals surface area contributed by atoms with Gasteiger partial charge in [-0.15, -0.1) is 5.73 Å². The minimum atomic E-state index is -1.79. The molecule has 0 aliphatic rings. The van der Waals surface area contributed by atoms with Crippen molar-refractivity contribution in [2.45, 2.75) is 13.5 Å². The number of allylic oxidation sites excluding steroid dienone is 1. The number of benzene rings is 2. The second kappa shape index (κ2) is 5.68. The Bertz CT molecular complexity index is 509. The smallest absolute Gasteiger partial charge is 0.133 e. The first-order valence-electron chi connectivity index (χ1n) is 6.26. The lowest BCUT2D eigenvalue weighted by atomic mass is 10.4. The van der Waals surface area contributed by atoms with Gasteiger partial charge in [-0.1, -0.05) is 67.2 Å². The highest BCUT2D eigenvalue weighted by Crippen LogP contribution is 2.06. The number of hydrogen-bond donors (Lipinski definition) is 0. The molecular formula is C17H18Si. The van der Waals surface area contributed by atoms with Gasteiger partial charge in [0.2, 0.25) is 0 Å². The van der Waals surface area contributed by atoms with Gasteiger partial charge in [0.15, 0.2) is 0 Å². The van der Waals surface area contributed by atoms with Crippen LogP contribution in [0.3, 0.4) is 0 Å². The molecule has 0 unspecified atom stereocenters. The summed E-state index contributed by atoms with van der Waals surface area (Å²) in [7, 11) is -1.79. The van der Waals surface area contributed by atoms with E-state index in [2.05, 4.69) is 78.6 Å². The molecule has 0 saturated heterocycles. The van der Waals surface area contributed by atoms with Crippen LogP contribution in [-0.2, 0) is 0 Å². The summed E-state index contributed by atoms with van der Waals surface area (Å²) in [4.78, 5) is 0. The predicted molar refractivity (Wildman–Crippen MR) is 82.1 cm³/mol. The van der Waals surface area contributed by atoms with Gasteiger partial charge in [0.1, 0.15) is 8.07 Å². The molecule has 0 fully saturated rings. The number of hydrogen-bond acceptors (Lipinski definition) is 0. The Morgan fingerprint density at radius 2 is 1.28 bits per heavy atom. The lowest BCUT2D eigenvalue weighted by Crippen LogP contribution is -2.54. The molecule has 0 bridgehead atoms. The first-order valence-corrected chi connectivity index (χ1v) is 8.84. The van der Waals surface area contributed by atoms with Crippen LogP contribution < -0.4 is 10.4 Å². The van der Waals surface area contributed by atoms with Gasteiger partial charge in [0.25, 0.3) is 0 Å². The molecule has 0 aliphatic heterocycles. The SMILES string of the molecule is CC=C=C[Si](C)(c1ccccc1)c1ccccc1. The molecule has 0 radical (unpaired) electrons. The molecule has 2 aromatic rings. The fourth-order valence-electron chi connectivity index (χ4n) is 2.15. The van der Waals surface area contributed by atoms with Gasteiger partial charge < -0.3 is 0 Å². The molecule has 0 heterocycles. The molecule has 0 saturated carbocycles. The average Bonchev–Trinajstić information content (AvgIpc) is 2.46. The van der Waals surface area contributed by atoms with E-state index < -0.39 is 8.07 Å². The van der Waals surface area contributed by atoms with Crippen molar-refractivity contribution in [1.29, 1.82) is 0 Å². The first-order chi connectivity index (χ1) is 8.77. The van der Waals surface area contributed by atoms with Crippen LogP contribution in [0.15, 0.2) is 78.2 Å². The van der Waals surface area contributed by atoms with Crippen molar-refractivity contribution in [2.75, 3.05) is 0 Å². The molecule has 18 heavy (non-hydrogen) atoms. The highest BCUT2D eigenvalue weighted by atomic mass is 28.3. The summed E-state index contributed by atoms with van der Waals surface area (Å²) in [5.41, 5.74) is 5.57. The summed E-state index contributed by atoms with van der Waals surface area (Å²) < 4.78 is 0. The van der Waals surface area contributed by atoms with Crippen molar-refractivity contribution >= 4 is 18.4 Å². The Kier molecular flexibility index (Phi) is 3.98. The van der Waals surface area contributed by atoms with E-state index in [1.54, 1.807) is 0 Å². The van der Waals surface area contributed by atoms with Gasteiger partial charge in [-0.25, -0.2) is 0 Å². The van der Waals surface area contributed by atoms with Crippen LogP contribution in [0.4, 0.5) is 0 Å². The summed E-state index contributed by atoms with van der Waals surface area (Å²) in [5.74, 6) is 0. The molecule has 0 spiro atoms. The van der Waals surface area contributed by atoms with Crippen molar-refractivity contribution in [3.63, 3.8) is 0 Å². The van der Waals surface area contributed by atoms with Gasteiger partial charge in [0, 0.05) is 0 Å². The van der Waals surface area contributed by atoms with E-state index in [4.69, 9.17) is 0 Å². The van der Waals surface area contributed by atoms with Crippen molar-refractivity contribution < 1.29 is 0 Å². The standard InChI is InChI=1S/C17H18Si/c1-3-4-15-18(2,16-11-7-5-8-12-16)17-13-9-6-10-14-17/h3,5-15H,1-2H3. The third-order valence-electron chi connectivity index (χ3n) is 3.29. The Morgan fingerprint density at radius 3 is 1.67 bits per heavy atom.